The third-order valence-corrected chi connectivity index (χ3v) is 3.76. The molecule has 1 fully saturated rings. The van der Waals surface area contributed by atoms with E-state index in [0.29, 0.717) is 17.6 Å². The Morgan fingerprint density at radius 2 is 2.06 bits per heavy atom. The number of hydrogen-bond acceptors (Lipinski definition) is 3. The van der Waals surface area contributed by atoms with Gasteiger partial charge in [0.15, 0.2) is 0 Å². The van der Waals surface area contributed by atoms with Crippen molar-refractivity contribution in [1.82, 2.24) is 5.32 Å². The van der Waals surface area contributed by atoms with Gasteiger partial charge >= 0.3 is 0 Å². The zero-order chi connectivity index (χ0) is 11.0. The van der Waals surface area contributed by atoms with E-state index in [1.54, 1.807) is 6.07 Å². The van der Waals surface area contributed by atoms with Crippen LogP contribution in [0.3, 0.4) is 0 Å². The predicted octanol–water partition coefficient (Wildman–Crippen LogP) is 1.87. The summed E-state index contributed by atoms with van der Waals surface area (Å²) in [5, 5.41) is 12.9. The molecular formula is C13H17NO2. The van der Waals surface area contributed by atoms with E-state index < -0.39 is 0 Å². The summed E-state index contributed by atoms with van der Waals surface area (Å²) in [6, 6.07) is 5.45. The van der Waals surface area contributed by atoms with Crippen LogP contribution in [0.4, 0.5) is 0 Å². The van der Waals surface area contributed by atoms with Crippen molar-refractivity contribution in [2.45, 2.75) is 18.8 Å². The fraction of sp³-hybridized carbons (Fsp3) is 0.538. The Hall–Kier alpha value is -1.22. The van der Waals surface area contributed by atoms with Crippen molar-refractivity contribution in [2.75, 3.05) is 19.7 Å². The third-order valence-electron chi connectivity index (χ3n) is 3.76. The molecule has 2 aliphatic rings. The monoisotopic (exact) mass is 219 g/mol. The summed E-state index contributed by atoms with van der Waals surface area (Å²) in [7, 11) is 0. The number of ether oxygens (including phenoxy) is 1. The van der Waals surface area contributed by atoms with E-state index in [0.717, 1.165) is 25.4 Å². The quantitative estimate of drug-likeness (QED) is 0.757. The predicted molar refractivity (Wildman–Crippen MR) is 61.9 cm³/mol. The van der Waals surface area contributed by atoms with E-state index in [4.69, 9.17) is 4.74 Å². The molecule has 16 heavy (non-hydrogen) atoms. The first-order valence-corrected chi connectivity index (χ1v) is 6.01. The number of piperidine rings is 1. The number of hydrogen-bond donors (Lipinski definition) is 2. The second kappa shape index (κ2) is 3.98. The van der Waals surface area contributed by atoms with Gasteiger partial charge in [-0.3, -0.25) is 0 Å². The van der Waals surface area contributed by atoms with E-state index in [9.17, 15) is 5.11 Å². The minimum Gasteiger partial charge on any atom is -0.508 e. The van der Waals surface area contributed by atoms with Crippen molar-refractivity contribution in [3.63, 3.8) is 0 Å². The van der Waals surface area contributed by atoms with Crippen LogP contribution in [0.2, 0.25) is 0 Å². The molecule has 1 aromatic carbocycles. The largest absolute Gasteiger partial charge is 0.508 e. The number of aromatic hydroxyl groups is 1. The first-order valence-electron chi connectivity index (χ1n) is 6.01. The van der Waals surface area contributed by atoms with Crippen LogP contribution in [0.5, 0.6) is 11.5 Å². The summed E-state index contributed by atoms with van der Waals surface area (Å²) in [6.45, 7) is 2.99. The molecule has 3 nitrogen and oxygen atoms in total. The Morgan fingerprint density at radius 3 is 2.88 bits per heavy atom. The highest BCUT2D eigenvalue weighted by Gasteiger charge is 2.32. The van der Waals surface area contributed by atoms with Gasteiger partial charge in [-0.05, 0) is 50.0 Å². The second-order valence-corrected chi connectivity index (χ2v) is 4.73. The van der Waals surface area contributed by atoms with Crippen molar-refractivity contribution < 1.29 is 9.84 Å². The SMILES string of the molecule is Oc1ccc2c(c1)C(C1CCNCC1)CO2. The van der Waals surface area contributed by atoms with Crippen LogP contribution in [0.25, 0.3) is 0 Å². The summed E-state index contributed by atoms with van der Waals surface area (Å²) < 4.78 is 5.69. The molecule has 0 bridgehead atoms. The first-order chi connectivity index (χ1) is 7.84. The highest BCUT2D eigenvalue weighted by atomic mass is 16.5. The minimum atomic E-state index is 0.350. The molecule has 0 aliphatic carbocycles. The zero-order valence-corrected chi connectivity index (χ0v) is 9.28. The van der Waals surface area contributed by atoms with E-state index >= 15 is 0 Å². The lowest BCUT2D eigenvalue weighted by Crippen LogP contribution is -2.31. The van der Waals surface area contributed by atoms with E-state index in [1.165, 1.54) is 18.4 Å². The molecule has 0 amide bonds. The molecule has 0 radical (unpaired) electrons. The van der Waals surface area contributed by atoms with Gasteiger partial charge in [0.2, 0.25) is 0 Å². The molecule has 0 saturated carbocycles. The van der Waals surface area contributed by atoms with Crippen molar-refractivity contribution >= 4 is 0 Å². The fourth-order valence-electron chi connectivity index (χ4n) is 2.86. The summed E-state index contributed by atoms with van der Waals surface area (Å²) in [5.74, 6) is 2.48. The van der Waals surface area contributed by atoms with Gasteiger partial charge in [-0.15, -0.1) is 0 Å². The Balaban J connectivity index is 1.86. The molecule has 3 heteroatoms. The fourth-order valence-corrected chi connectivity index (χ4v) is 2.86. The summed E-state index contributed by atoms with van der Waals surface area (Å²) in [4.78, 5) is 0. The van der Waals surface area contributed by atoms with Gasteiger partial charge in [-0.2, -0.15) is 0 Å². The molecule has 2 N–H and O–H groups in total. The van der Waals surface area contributed by atoms with Crippen molar-refractivity contribution in [3.05, 3.63) is 23.8 Å². The van der Waals surface area contributed by atoms with Crippen LogP contribution in [-0.4, -0.2) is 24.8 Å². The summed E-state index contributed by atoms with van der Waals surface area (Å²) in [6.07, 6.45) is 2.42. The number of fused-ring (bicyclic) bond motifs is 1. The van der Waals surface area contributed by atoms with E-state index in [2.05, 4.69) is 5.32 Å². The maximum Gasteiger partial charge on any atom is 0.123 e. The van der Waals surface area contributed by atoms with Crippen molar-refractivity contribution in [3.8, 4) is 11.5 Å². The van der Waals surface area contributed by atoms with Crippen LogP contribution in [-0.2, 0) is 0 Å². The first kappa shape index (κ1) is 9.97. The lowest BCUT2D eigenvalue weighted by molar-refractivity contribution is 0.254. The average molecular weight is 219 g/mol. The lowest BCUT2D eigenvalue weighted by Gasteiger charge is -2.27. The Labute approximate surface area is 95.4 Å². The molecule has 1 atom stereocenters. The standard InChI is InChI=1S/C13H17NO2/c15-10-1-2-13-11(7-10)12(8-16-13)9-3-5-14-6-4-9/h1-2,7,9,12,14-15H,3-6,8H2. The van der Waals surface area contributed by atoms with Gasteiger partial charge in [-0.1, -0.05) is 0 Å². The molecule has 86 valence electrons. The molecule has 3 rings (SSSR count). The Bertz CT molecular complexity index is 386. The van der Waals surface area contributed by atoms with Gasteiger partial charge in [0.05, 0.1) is 6.61 Å². The van der Waals surface area contributed by atoms with E-state index in [1.807, 2.05) is 12.1 Å². The van der Waals surface area contributed by atoms with Crippen LogP contribution in [0.1, 0.15) is 24.3 Å². The molecule has 1 aromatic rings. The molecule has 1 unspecified atom stereocenters. The normalized spacial score (nSPS) is 25.1. The molecule has 2 aliphatic heterocycles. The van der Waals surface area contributed by atoms with Gasteiger partial charge in [0.25, 0.3) is 0 Å². The number of phenols is 1. The third kappa shape index (κ3) is 1.65. The topological polar surface area (TPSA) is 41.5 Å². The van der Waals surface area contributed by atoms with Crippen LogP contribution < -0.4 is 10.1 Å². The highest BCUT2D eigenvalue weighted by Crippen LogP contribution is 2.42. The minimum absolute atomic E-state index is 0.350. The lowest BCUT2D eigenvalue weighted by atomic mass is 9.82. The second-order valence-electron chi connectivity index (χ2n) is 4.73. The summed E-state index contributed by atoms with van der Waals surface area (Å²) >= 11 is 0. The van der Waals surface area contributed by atoms with E-state index in [-0.39, 0.29) is 0 Å². The molecule has 1 saturated heterocycles. The maximum absolute atomic E-state index is 9.54. The van der Waals surface area contributed by atoms with Gasteiger partial charge in [0.1, 0.15) is 11.5 Å². The molecule has 0 aromatic heterocycles. The Kier molecular flexibility index (Phi) is 2.48. The highest BCUT2D eigenvalue weighted by molar-refractivity contribution is 5.44. The number of nitrogens with one attached hydrogen (secondary N) is 1. The maximum atomic E-state index is 9.54. The van der Waals surface area contributed by atoms with Gasteiger partial charge in [0, 0.05) is 11.5 Å². The van der Waals surface area contributed by atoms with Crippen molar-refractivity contribution in [1.29, 1.82) is 0 Å². The number of benzene rings is 1. The Morgan fingerprint density at radius 1 is 1.25 bits per heavy atom. The van der Waals surface area contributed by atoms with Gasteiger partial charge in [-0.25, -0.2) is 0 Å². The van der Waals surface area contributed by atoms with Crippen LogP contribution in [0, 0.1) is 5.92 Å². The summed E-state index contributed by atoms with van der Waals surface area (Å²) in [5.41, 5.74) is 1.20. The number of phenolic OH excluding ortho intramolecular Hbond substituents is 1. The smallest absolute Gasteiger partial charge is 0.123 e. The molecular weight excluding hydrogens is 202 g/mol. The average Bonchev–Trinajstić information content (AvgIpc) is 2.73. The molecule has 2 heterocycles. The zero-order valence-electron chi connectivity index (χ0n) is 9.28. The van der Waals surface area contributed by atoms with Crippen LogP contribution in [0.15, 0.2) is 18.2 Å². The number of rotatable bonds is 1. The van der Waals surface area contributed by atoms with Crippen LogP contribution >= 0.6 is 0 Å². The van der Waals surface area contributed by atoms with Gasteiger partial charge < -0.3 is 15.2 Å². The molecule has 0 spiro atoms. The van der Waals surface area contributed by atoms with Crippen molar-refractivity contribution in [2.24, 2.45) is 5.92 Å².